The van der Waals surface area contributed by atoms with E-state index in [0.29, 0.717) is 49.8 Å². The normalized spacial score (nSPS) is 18.8. The van der Waals surface area contributed by atoms with E-state index >= 15 is 13.2 Å². The molecule has 390 valence electrons. The summed E-state index contributed by atoms with van der Waals surface area (Å²) in [7, 11) is 1.36. The number of amides is 2. The van der Waals surface area contributed by atoms with Crippen molar-refractivity contribution in [1.82, 2.24) is 30.6 Å². The molecule has 2 saturated heterocycles. The number of aromatic nitrogens is 4. The fourth-order valence-corrected chi connectivity index (χ4v) is 10.5. The molecule has 2 aliphatic rings. The van der Waals surface area contributed by atoms with E-state index in [9.17, 15) is 19.2 Å². The number of ether oxygens (including phenoxy) is 4. The van der Waals surface area contributed by atoms with Crippen LogP contribution in [0.3, 0.4) is 0 Å². The third-order valence-electron chi connectivity index (χ3n) is 12.7. The number of nitrogens with one attached hydrogen (secondary N) is 3. The predicted molar refractivity (Wildman–Crippen MR) is 272 cm³/mol. The van der Waals surface area contributed by atoms with E-state index in [1.165, 1.54) is 73.0 Å². The highest BCUT2D eigenvalue weighted by molar-refractivity contribution is 7.14. The first-order valence-electron chi connectivity index (χ1n) is 23.7. The molecule has 3 N–H and O–H groups in total. The smallest absolute Gasteiger partial charge is 0.251 e. The summed E-state index contributed by atoms with van der Waals surface area (Å²) < 4.78 is 85.7. The number of anilines is 2. The zero-order chi connectivity index (χ0) is 52.7. The van der Waals surface area contributed by atoms with Crippen molar-refractivity contribution in [3.8, 4) is 28.8 Å². The predicted octanol–water partition coefficient (Wildman–Crippen LogP) is 9.14. The van der Waals surface area contributed by atoms with Gasteiger partial charge in [-0.2, -0.15) is 9.65 Å². The number of nitriles is 1. The Balaban J connectivity index is 0.849. The number of benzene rings is 4. The SMILES string of the molecule is COc1cc(C(=O)NCCOCCn2cc(CCOc3c(-c4csc(N5CCOCC5)n4)ccc(F)c3F)nn2)ccc1NC(=O)[C@@H]1N[C@@H](CC(C)(C)C)[C@](C#N)(c2ccc(Cl)cc2F)[C@H]1c1cccc(Cl)c1F. The maximum atomic E-state index is 16.2. The number of hydrogen-bond acceptors (Lipinski definition) is 13. The van der Waals surface area contributed by atoms with Crippen molar-refractivity contribution in [2.75, 3.05) is 70.0 Å². The molecule has 15 nitrogen and oxygen atoms in total. The summed E-state index contributed by atoms with van der Waals surface area (Å²) in [6.07, 6.45) is 2.23. The molecule has 4 aromatic carbocycles. The van der Waals surface area contributed by atoms with E-state index in [-0.39, 0.29) is 83.1 Å². The Morgan fingerprint density at radius 3 is 2.54 bits per heavy atom. The minimum atomic E-state index is -1.83. The highest BCUT2D eigenvalue weighted by atomic mass is 35.5. The van der Waals surface area contributed by atoms with Crippen LogP contribution in [0.15, 0.2) is 78.3 Å². The zero-order valence-electron chi connectivity index (χ0n) is 40.8. The van der Waals surface area contributed by atoms with Crippen LogP contribution < -0.4 is 30.3 Å². The largest absolute Gasteiger partial charge is 0.495 e. The molecule has 4 heterocycles. The molecule has 2 aliphatic heterocycles. The Morgan fingerprint density at radius 1 is 1.00 bits per heavy atom. The first-order valence-corrected chi connectivity index (χ1v) is 25.3. The maximum Gasteiger partial charge on any atom is 0.251 e. The lowest BCUT2D eigenvalue weighted by molar-refractivity contribution is -0.118. The molecule has 74 heavy (non-hydrogen) atoms. The van der Waals surface area contributed by atoms with Gasteiger partial charge >= 0.3 is 0 Å². The summed E-state index contributed by atoms with van der Waals surface area (Å²) >= 11 is 13.9. The van der Waals surface area contributed by atoms with E-state index in [0.717, 1.165) is 17.3 Å². The molecule has 0 saturated carbocycles. The lowest BCUT2D eigenvalue weighted by atomic mass is 9.62. The third-order valence-corrected chi connectivity index (χ3v) is 14.2. The Kier molecular flexibility index (Phi) is 17.1. The Morgan fingerprint density at radius 2 is 1.80 bits per heavy atom. The molecule has 2 amide bonds. The number of halogens is 6. The first kappa shape index (κ1) is 53.9. The molecule has 0 unspecified atom stereocenters. The maximum absolute atomic E-state index is 16.2. The Labute approximate surface area is 439 Å². The molecule has 0 radical (unpaired) electrons. The summed E-state index contributed by atoms with van der Waals surface area (Å²) in [6, 6.07) is 15.3. The molecule has 2 aromatic heterocycles. The van der Waals surface area contributed by atoms with Crippen LogP contribution in [-0.2, 0) is 32.6 Å². The number of thiazole rings is 1. The van der Waals surface area contributed by atoms with Crippen molar-refractivity contribution in [3.05, 3.63) is 134 Å². The number of nitrogens with zero attached hydrogens (tertiary/aromatic N) is 6. The quantitative estimate of drug-likeness (QED) is 0.0519. The van der Waals surface area contributed by atoms with E-state index in [1.807, 2.05) is 20.8 Å². The number of methoxy groups -OCH3 is 1. The topological polar surface area (TPSA) is 178 Å². The van der Waals surface area contributed by atoms with E-state index < -0.39 is 63.9 Å². The average Bonchev–Trinajstić information content (AvgIpc) is 4.15. The van der Waals surface area contributed by atoms with Crippen molar-refractivity contribution in [1.29, 1.82) is 5.26 Å². The minimum absolute atomic E-state index is 0.00526. The molecule has 0 spiro atoms. The third kappa shape index (κ3) is 11.9. The van der Waals surface area contributed by atoms with Crippen molar-refractivity contribution in [2.24, 2.45) is 5.41 Å². The highest BCUT2D eigenvalue weighted by Crippen LogP contribution is 2.53. The summed E-state index contributed by atoms with van der Waals surface area (Å²) in [5.41, 5.74) is -0.636. The summed E-state index contributed by atoms with van der Waals surface area (Å²) in [5.74, 6) is -6.31. The van der Waals surface area contributed by atoms with Crippen molar-refractivity contribution < 1.29 is 46.1 Å². The van der Waals surface area contributed by atoms with Gasteiger partial charge in [-0.05, 0) is 65.9 Å². The highest BCUT2D eigenvalue weighted by Gasteiger charge is 2.61. The van der Waals surface area contributed by atoms with Gasteiger partial charge in [0.15, 0.2) is 16.7 Å². The van der Waals surface area contributed by atoms with E-state index in [4.69, 9.17) is 42.1 Å². The fraction of sp³-hybridized carbons (Fsp3) is 0.385. The molecule has 4 atom stereocenters. The van der Waals surface area contributed by atoms with E-state index in [2.05, 4.69) is 42.2 Å². The van der Waals surface area contributed by atoms with Gasteiger partial charge in [0.2, 0.25) is 11.7 Å². The van der Waals surface area contributed by atoms with Gasteiger partial charge in [0, 0.05) is 71.3 Å². The molecule has 6 aromatic rings. The Hall–Kier alpha value is -6.34. The minimum Gasteiger partial charge on any atom is -0.495 e. The van der Waals surface area contributed by atoms with Gasteiger partial charge in [-0.25, -0.2) is 22.8 Å². The van der Waals surface area contributed by atoms with Gasteiger partial charge in [-0.1, -0.05) is 67.4 Å². The van der Waals surface area contributed by atoms with E-state index in [1.54, 1.807) is 16.3 Å². The van der Waals surface area contributed by atoms with Crippen molar-refractivity contribution >= 4 is 57.2 Å². The molecule has 22 heteroatoms. The van der Waals surface area contributed by atoms with Crippen LogP contribution in [0.2, 0.25) is 10.0 Å². The second kappa shape index (κ2) is 23.5. The summed E-state index contributed by atoms with van der Waals surface area (Å²) in [4.78, 5) is 34.5. The number of hydrogen-bond donors (Lipinski definition) is 3. The lowest BCUT2D eigenvalue weighted by Gasteiger charge is -2.37. The molecule has 2 fully saturated rings. The fourth-order valence-electron chi connectivity index (χ4n) is 9.28. The molecule has 0 bridgehead atoms. The second-order valence-corrected chi connectivity index (χ2v) is 20.6. The van der Waals surface area contributed by atoms with Crippen LogP contribution in [-0.4, -0.2) is 104 Å². The van der Waals surface area contributed by atoms with Gasteiger partial charge in [0.05, 0.1) is 80.9 Å². The zero-order valence-corrected chi connectivity index (χ0v) is 43.2. The van der Waals surface area contributed by atoms with Crippen LogP contribution in [0, 0.1) is 40.0 Å². The van der Waals surface area contributed by atoms with Crippen LogP contribution >= 0.6 is 34.5 Å². The molecular weight excluding hydrogens is 1030 g/mol. The summed E-state index contributed by atoms with van der Waals surface area (Å²) in [6.45, 7) is 9.24. The molecule has 0 aliphatic carbocycles. The van der Waals surface area contributed by atoms with Crippen LogP contribution in [0.4, 0.5) is 28.4 Å². The van der Waals surface area contributed by atoms with Gasteiger partial charge in [-0.3, -0.25) is 9.59 Å². The second-order valence-electron chi connectivity index (χ2n) is 18.9. The molecule has 8 rings (SSSR count). The summed E-state index contributed by atoms with van der Waals surface area (Å²) in [5, 5.41) is 30.8. The first-order chi connectivity index (χ1) is 35.5. The van der Waals surface area contributed by atoms with Crippen molar-refractivity contribution in [3.63, 3.8) is 0 Å². The average molecular weight is 1080 g/mol. The number of carbonyl (C=O) groups is 2. The Bertz CT molecular complexity index is 3040. The van der Waals surface area contributed by atoms with Gasteiger partial charge in [0.1, 0.15) is 22.8 Å². The number of morpholine rings is 1. The van der Waals surface area contributed by atoms with Crippen LogP contribution in [0.1, 0.15) is 60.3 Å². The van der Waals surface area contributed by atoms with Gasteiger partial charge < -0.3 is 39.8 Å². The van der Waals surface area contributed by atoms with Gasteiger partial charge in [0.25, 0.3) is 5.91 Å². The van der Waals surface area contributed by atoms with Gasteiger partial charge in [-0.15, -0.1) is 16.4 Å². The van der Waals surface area contributed by atoms with Crippen molar-refractivity contribution in [2.45, 2.75) is 63.6 Å². The standard InChI is InChI=1S/C52H53Cl2F4N9O6S/c1-51(2,3)26-42-52(29-59,35-11-9-31(53)25-38(35)56)43(34-6-5-7-36(54)44(34)57)46(63-42)49(69)61-39-13-8-30(24-41(39)70-4)48(68)60-15-20-71-23-18-67-27-32(64-65-67)14-19-73-47-33(10-12-37(55)45(47)58)40-28-74-50(62-40)66-16-21-72-22-17-66/h5-13,24-25,27-28,42-43,46,63H,14-23,26H2,1-4H3,(H,60,68)(H,61,69)/t42-,43-,46+,52-/m0/s1. The molecular formula is C52H53Cl2F4N9O6S. The number of rotatable bonds is 19. The monoisotopic (exact) mass is 1080 g/mol. The lowest BCUT2D eigenvalue weighted by Crippen LogP contribution is -2.45. The van der Waals surface area contributed by atoms with Crippen LogP contribution in [0.5, 0.6) is 11.5 Å². The van der Waals surface area contributed by atoms with Crippen LogP contribution in [0.25, 0.3) is 11.3 Å². The number of carbonyl (C=O) groups excluding carboxylic acids is 2.